The van der Waals surface area contributed by atoms with Gasteiger partial charge in [-0.2, -0.15) is 0 Å². The Labute approximate surface area is 118 Å². The Morgan fingerprint density at radius 2 is 2.20 bits per heavy atom. The van der Waals surface area contributed by atoms with Crippen LogP contribution in [-0.4, -0.2) is 36.3 Å². The highest BCUT2D eigenvalue weighted by Gasteiger charge is 2.36. The summed E-state index contributed by atoms with van der Waals surface area (Å²) in [6, 6.07) is 8.15. The van der Waals surface area contributed by atoms with Gasteiger partial charge in [-0.05, 0) is 18.6 Å². The fourth-order valence-electron chi connectivity index (χ4n) is 2.77. The van der Waals surface area contributed by atoms with Crippen molar-refractivity contribution in [3.63, 3.8) is 0 Å². The van der Waals surface area contributed by atoms with Crippen LogP contribution < -0.4 is 0 Å². The Morgan fingerprint density at radius 1 is 1.40 bits per heavy atom. The molecule has 1 aliphatic carbocycles. The van der Waals surface area contributed by atoms with Crippen molar-refractivity contribution in [2.24, 2.45) is 5.92 Å². The van der Waals surface area contributed by atoms with Crippen molar-refractivity contribution in [2.45, 2.75) is 13.3 Å². The van der Waals surface area contributed by atoms with Crippen LogP contribution in [0, 0.1) is 5.92 Å². The maximum Gasteiger partial charge on any atom is 0.318 e. The van der Waals surface area contributed by atoms with E-state index in [9.17, 15) is 9.59 Å². The Bertz CT molecular complexity index is 591. The molecular weight excluding hydrogens is 254 g/mol. The molecule has 1 fully saturated rings. The molecule has 0 saturated carbocycles. The summed E-state index contributed by atoms with van der Waals surface area (Å²) in [5.74, 6) is -1.04. The molecule has 0 bridgehead atoms. The van der Waals surface area contributed by atoms with Gasteiger partial charge in [0.25, 0.3) is 0 Å². The summed E-state index contributed by atoms with van der Waals surface area (Å²) in [5, 5.41) is 0. The second kappa shape index (κ2) is 5.12. The monoisotopic (exact) mass is 271 g/mol. The van der Waals surface area contributed by atoms with Crippen LogP contribution in [0.5, 0.6) is 0 Å². The second-order valence-electron chi connectivity index (χ2n) is 5.08. The predicted molar refractivity (Wildman–Crippen MR) is 75.6 cm³/mol. The van der Waals surface area contributed by atoms with Crippen molar-refractivity contribution in [2.75, 3.05) is 19.7 Å². The number of rotatable bonds is 3. The van der Waals surface area contributed by atoms with Crippen LogP contribution in [0.25, 0.3) is 11.8 Å². The molecule has 1 unspecified atom stereocenters. The van der Waals surface area contributed by atoms with E-state index < -0.39 is 11.9 Å². The summed E-state index contributed by atoms with van der Waals surface area (Å²) < 4.78 is 5.00. The van der Waals surface area contributed by atoms with E-state index in [1.54, 1.807) is 6.92 Å². The van der Waals surface area contributed by atoms with Crippen molar-refractivity contribution >= 4 is 23.5 Å². The summed E-state index contributed by atoms with van der Waals surface area (Å²) in [6.45, 7) is 3.18. The van der Waals surface area contributed by atoms with Gasteiger partial charge in [-0.25, -0.2) is 0 Å². The number of nitrogens with zero attached hydrogens (tertiary/aromatic N) is 1. The van der Waals surface area contributed by atoms with Crippen LogP contribution in [0.4, 0.5) is 0 Å². The standard InChI is InChI=1S/C16H17NO3/c1-2-20-16(19)13-10-17(8-7-15(13)18)14-9-11-5-3-4-6-12(11)14/h3-6,9,13H,2,7-8,10H2,1H3. The number of esters is 1. The molecule has 0 N–H and O–H groups in total. The first-order chi connectivity index (χ1) is 9.70. The second-order valence-corrected chi connectivity index (χ2v) is 5.08. The highest BCUT2D eigenvalue weighted by atomic mass is 16.5. The van der Waals surface area contributed by atoms with E-state index in [0.29, 0.717) is 26.1 Å². The molecule has 1 aliphatic heterocycles. The Balaban J connectivity index is 1.74. The molecule has 0 spiro atoms. The van der Waals surface area contributed by atoms with Gasteiger partial charge in [-0.15, -0.1) is 0 Å². The number of carbonyl (C=O) groups is 2. The van der Waals surface area contributed by atoms with Gasteiger partial charge in [-0.1, -0.05) is 24.3 Å². The zero-order valence-electron chi connectivity index (χ0n) is 11.5. The zero-order chi connectivity index (χ0) is 14.1. The molecule has 0 amide bonds. The average molecular weight is 271 g/mol. The first-order valence-corrected chi connectivity index (χ1v) is 6.96. The van der Waals surface area contributed by atoms with E-state index in [0.717, 1.165) is 5.70 Å². The SMILES string of the molecule is CCOC(=O)C1CN(C2=Cc3ccccc32)CCC1=O. The number of likely N-dealkylation sites (tertiary alicyclic amines) is 1. The lowest BCUT2D eigenvalue weighted by Crippen LogP contribution is -2.44. The van der Waals surface area contributed by atoms with E-state index in [1.807, 2.05) is 12.1 Å². The lowest BCUT2D eigenvalue weighted by atomic mass is 9.89. The van der Waals surface area contributed by atoms with E-state index in [2.05, 4.69) is 23.1 Å². The number of hydrogen-bond acceptors (Lipinski definition) is 4. The van der Waals surface area contributed by atoms with Crippen molar-refractivity contribution in [1.29, 1.82) is 0 Å². The van der Waals surface area contributed by atoms with Gasteiger partial charge in [0.05, 0.1) is 6.61 Å². The van der Waals surface area contributed by atoms with E-state index >= 15 is 0 Å². The molecule has 4 heteroatoms. The van der Waals surface area contributed by atoms with Gasteiger partial charge >= 0.3 is 5.97 Å². The van der Waals surface area contributed by atoms with Gasteiger partial charge in [0, 0.05) is 30.8 Å². The Hall–Kier alpha value is -2.10. The van der Waals surface area contributed by atoms with Gasteiger partial charge in [0.1, 0.15) is 5.92 Å². The number of carbonyl (C=O) groups excluding carboxylic acids is 2. The molecule has 4 nitrogen and oxygen atoms in total. The molecule has 20 heavy (non-hydrogen) atoms. The largest absolute Gasteiger partial charge is 0.465 e. The molecule has 1 aromatic carbocycles. The summed E-state index contributed by atoms with van der Waals surface area (Å²) >= 11 is 0. The van der Waals surface area contributed by atoms with Crippen molar-refractivity contribution < 1.29 is 14.3 Å². The summed E-state index contributed by atoms with van der Waals surface area (Å²) in [7, 11) is 0. The minimum atomic E-state index is -0.641. The van der Waals surface area contributed by atoms with E-state index in [1.165, 1.54) is 11.1 Å². The fraction of sp³-hybridized carbons (Fsp3) is 0.375. The topological polar surface area (TPSA) is 46.6 Å². The molecule has 0 radical (unpaired) electrons. The molecule has 1 saturated heterocycles. The number of fused-ring (bicyclic) bond motifs is 1. The number of piperidine rings is 1. The summed E-state index contributed by atoms with van der Waals surface area (Å²) in [6.07, 6.45) is 2.51. The highest BCUT2D eigenvalue weighted by Crippen LogP contribution is 2.36. The van der Waals surface area contributed by atoms with Crippen LogP contribution >= 0.6 is 0 Å². The lowest BCUT2D eigenvalue weighted by molar-refractivity contribution is -0.153. The molecule has 1 heterocycles. The first-order valence-electron chi connectivity index (χ1n) is 6.96. The van der Waals surface area contributed by atoms with Gasteiger partial charge in [0.2, 0.25) is 0 Å². The van der Waals surface area contributed by atoms with Crippen LogP contribution in [-0.2, 0) is 14.3 Å². The number of hydrogen-bond donors (Lipinski definition) is 0. The molecular formula is C16H17NO3. The smallest absolute Gasteiger partial charge is 0.318 e. The third-order valence-corrected chi connectivity index (χ3v) is 3.86. The number of ketones is 1. The van der Waals surface area contributed by atoms with Crippen LogP contribution in [0.3, 0.4) is 0 Å². The normalized spacial score (nSPS) is 20.9. The average Bonchev–Trinajstić information content (AvgIpc) is 2.42. The minimum Gasteiger partial charge on any atom is -0.465 e. The van der Waals surface area contributed by atoms with E-state index in [-0.39, 0.29) is 5.78 Å². The highest BCUT2D eigenvalue weighted by molar-refractivity contribution is 6.01. The first kappa shape index (κ1) is 12.9. The molecule has 3 rings (SSSR count). The Morgan fingerprint density at radius 3 is 2.95 bits per heavy atom. The van der Waals surface area contributed by atoms with Crippen LogP contribution in [0.2, 0.25) is 0 Å². The van der Waals surface area contributed by atoms with Crippen molar-refractivity contribution in [1.82, 2.24) is 4.90 Å². The van der Waals surface area contributed by atoms with Crippen LogP contribution in [0.15, 0.2) is 24.3 Å². The third-order valence-electron chi connectivity index (χ3n) is 3.86. The number of benzene rings is 1. The number of Topliss-reactive ketones (excluding diaryl/α,β-unsaturated/α-hetero) is 1. The van der Waals surface area contributed by atoms with Crippen LogP contribution in [0.1, 0.15) is 24.5 Å². The summed E-state index contributed by atoms with van der Waals surface area (Å²) in [4.78, 5) is 25.8. The molecule has 1 aromatic rings. The molecule has 1 atom stereocenters. The van der Waals surface area contributed by atoms with Gasteiger partial charge in [0.15, 0.2) is 5.78 Å². The fourth-order valence-corrected chi connectivity index (χ4v) is 2.77. The maximum absolute atomic E-state index is 11.9. The van der Waals surface area contributed by atoms with E-state index in [4.69, 9.17) is 4.74 Å². The van der Waals surface area contributed by atoms with Gasteiger partial charge in [-0.3, -0.25) is 9.59 Å². The molecule has 0 aromatic heterocycles. The van der Waals surface area contributed by atoms with Crippen molar-refractivity contribution in [3.05, 3.63) is 35.4 Å². The minimum absolute atomic E-state index is 0.00657. The quantitative estimate of drug-likeness (QED) is 0.623. The molecule has 104 valence electrons. The van der Waals surface area contributed by atoms with Gasteiger partial charge < -0.3 is 9.64 Å². The third kappa shape index (κ3) is 2.11. The predicted octanol–water partition coefficient (Wildman–Crippen LogP) is 1.95. The zero-order valence-corrected chi connectivity index (χ0v) is 11.5. The summed E-state index contributed by atoms with van der Waals surface area (Å²) in [5.41, 5.74) is 3.54. The molecule has 2 aliphatic rings. The maximum atomic E-state index is 11.9. The Kier molecular flexibility index (Phi) is 3.30. The van der Waals surface area contributed by atoms with Crippen molar-refractivity contribution in [3.8, 4) is 0 Å². The number of ether oxygens (including phenoxy) is 1. The lowest BCUT2D eigenvalue weighted by Gasteiger charge is -2.37.